The molecule has 1 amide bonds. The standard InChI is InChI=1S/C25H26N2O4S2/c1-18-8-14-22(15-9-18)33(29,30)27-20-12-10-19(11-13-20)26-25(28)23-6-2-3-7-24(23)32-17-21-5-4-16-31-21/h2-3,6-15,21,27H,4-5,16-17H2,1H3,(H,26,28). The number of benzene rings is 3. The Morgan fingerprint density at radius 2 is 1.70 bits per heavy atom. The summed E-state index contributed by atoms with van der Waals surface area (Å²) >= 11 is 1.63. The van der Waals surface area contributed by atoms with Crippen molar-refractivity contribution in [2.75, 3.05) is 22.4 Å². The number of hydrogen-bond donors (Lipinski definition) is 2. The molecule has 1 unspecified atom stereocenters. The van der Waals surface area contributed by atoms with Gasteiger partial charge in [0.15, 0.2) is 0 Å². The first-order chi connectivity index (χ1) is 15.9. The molecule has 0 aliphatic carbocycles. The summed E-state index contributed by atoms with van der Waals surface area (Å²) in [4.78, 5) is 14.0. The quantitative estimate of drug-likeness (QED) is 0.425. The Morgan fingerprint density at radius 1 is 1.00 bits per heavy atom. The maximum absolute atomic E-state index is 12.9. The average molecular weight is 483 g/mol. The number of hydrogen-bond acceptors (Lipinski definition) is 5. The molecular weight excluding hydrogens is 456 g/mol. The molecule has 3 aromatic rings. The lowest BCUT2D eigenvalue weighted by Gasteiger charge is -2.13. The van der Waals surface area contributed by atoms with Gasteiger partial charge in [-0.2, -0.15) is 0 Å². The topological polar surface area (TPSA) is 84.5 Å². The van der Waals surface area contributed by atoms with E-state index in [1.807, 2.05) is 25.1 Å². The molecule has 4 rings (SSSR count). The summed E-state index contributed by atoms with van der Waals surface area (Å²) in [5.41, 5.74) is 2.59. The van der Waals surface area contributed by atoms with Crippen LogP contribution in [0.4, 0.5) is 11.4 Å². The van der Waals surface area contributed by atoms with E-state index in [0.29, 0.717) is 16.9 Å². The number of ether oxygens (including phenoxy) is 1. The van der Waals surface area contributed by atoms with Crippen molar-refractivity contribution in [2.24, 2.45) is 0 Å². The van der Waals surface area contributed by atoms with E-state index in [9.17, 15) is 13.2 Å². The maximum atomic E-state index is 12.9. The number of thioether (sulfide) groups is 1. The van der Waals surface area contributed by atoms with Crippen LogP contribution in [0.2, 0.25) is 0 Å². The molecule has 1 saturated heterocycles. The van der Waals surface area contributed by atoms with Gasteiger partial charge >= 0.3 is 0 Å². The van der Waals surface area contributed by atoms with Crippen LogP contribution in [0.1, 0.15) is 28.8 Å². The molecule has 1 aliphatic heterocycles. The minimum Gasteiger partial charge on any atom is -0.377 e. The van der Waals surface area contributed by atoms with Crippen molar-refractivity contribution in [3.63, 3.8) is 0 Å². The van der Waals surface area contributed by atoms with Gasteiger partial charge in [-0.15, -0.1) is 11.8 Å². The van der Waals surface area contributed by atoms with Gasteiger partial charge < -0.3 is 10.1 Å². The van der Waals surface area contributed by atoms with Gasteiger partial charge in [0.1, 0.15) is 0 Å². The highest BCUT2D eigenvalue weighted by Crippen LogP contribution is 2.27. The van der Waals surface area contributed by atoms with Crippen LogP contribution in [0, 0.1) is 6.92 Å². The first-order valence-corrected chi connectivity index (χ1v) is 13.2. The predicted octanol–water partition coefficient (Wildman–Crippen LogP) is 5.32. The lowest BCUT2D eigenvalue weighted by atomic mass is 10.2. The number of carbonyl (C=O) groups is 1. The molecule has 1 heterocycles. The summed E-state index contributed by atoms with van der Waals surface area (Å²) in [6.45, 7) is 2.71. The second kappa shape index (κ2) is 10.4. The summed E-state index contributed by atoms with van der Waals surface area (Å²) in [6.07, 6.45) is 2.38. The van der Waals surface area contributed by atoms with E-state index in [4.69, 9.17) is 4.74 Å². The van der Waals surface area contributed by atoms with Crippen molar-refractivity contribution in [1.82, 2.24) is 0 Å². The van der Waals surface area contributed by atoms with Crippen molar-refractivity contribution in [2.45, 2.75) is 35.7 Å². The van der Waals surface area contributed by atoms with E-state index in [-0.39, 0.29) is 16.9 Å². The van der Waals surface area contributed by atoms with Gasteiger partial charge in [0.2, 0.25) is 0 Å². The minimum absolute atomic E-state index is 0.197. The number of sulfonamides is 1. The third kappa shape index (κ3) is 6.16. The van der Waals surface area contributed by atoms with Gasteiger partial charge in [-0.1, -0.05) is 29.8 Å². The molecular formula is C25H26N2O4S2. The molecule has 172 valence electrons. The molecule has 3 aromatic carbocycles. The highest BCUT2D eigenvalue weighted by molar-refractivity contribution is 7.99. The Hall–Kier alpha value is -2.81. The van der Waals surface area contributed by atoms with Crippen LogP contribution in [0.25, 0.3) is 0 Å². The van der Waals surface area contributed by atoms with Crippen LogP contribution in [0.3, 0.4) is 0 Å². The number of aryl methyl sites for hydroxylation is 1. The van der Waals surface area contributed by atoms with Crippen LogP contribution in [-0.4, -0.2) is 32.8 Å². The first kappa shape index (κ1) is 23.4. The molecule has 2 N–H and O–H groups in total. The summed E-state index contributed by atoms with van der Waals surface area (Å²) in [5, 5.41) is 2.89. The molecule has 0 radical (unpaired) electrons. The van der Waals surface area contributed by atoms with Gasteiger partial charge in [0.05, 0.1) is 16.6 Å². The van der Waals surface area contributed by atoms with Gasteiger partial charge in [-0.3, -0.25) is 9.52 Å². The summed E-state index contributed by atoms with van der Waals surface area (Å²) in [6, 6.07) is 20.8. The Labute approximate surface area is 198 Å². The highest BCUT2D eigenvalue weighted by Gasteiger charge is 2.18. The zero-order valence-electron chi connectivity index (χ0n) is 18.3. The predicted molar refractivity (Wildman–Crippen MR) is 133 cm³/mol. The zero-order chi connectivity index (χ0) is 23.3. The SMILES string of the molecule is Cc1ccc(S(=O)(=O)Nc2ccc(NC(=O)c3ccccc3SCC3CCCO3)cc2)cc1. The summed E-state index contributed by atoms with van der Waals surface area (Å²) in [7, 11) is -3.68. The molecule has 1 fully saturated rings. The van der Waals surface area contributed by atoms with Crippen molar-refractivity contribution >= 4 is 39.1 Å². The van der Waals surface area contributed by atoms with Crippen LogP contribution in [0.5, 0.6) is 0 Å². The van der Waals surface area contributed by atoms with Crippen molar-refractivity contribution in [3.05, 3.63) is 83.9 Å². The van der Waals surface area contributed by atoms with Crippen LogP contribution in [-0.2, 0) is 14.8 Å². The molecule has 0 bridgehead atoms. The van der Waals surface area contributed by atoms with Crippen LogP contribution >= 0.6 is 11.8 Å². The largest absolute Gasteiger partial charge is 0.377 e. The number of anilines is 2. The second-order valence-electron chi connectivity index (χ2n) is 7.89. The normalized spacial score (nSPS) is 15.8. The Kier molecular flexibility index (Phi) is 7.37. The molecule has 8 heteroatoms. The molecule has 1 atom stereocenters. The lowest BCUT2D eigenvalue weighted by molar-refractivity contribution is 0.102. The number of carbonyl (C=O) groups excluding carboxylic acids is 1. The fraction of sp³-hybridized carbons (Fsp3) is 0.240. The molecule has 1 aliphatic rings. The summed E-state index contributed by atoms with van der Waals surface area (Å²) < 4.78 is 33.4. The van der Waals surface area contributed by atoms with E-state index in [2.05, 4.69) is 10.0 Å². The Bertz CT molecular complexity index is 1200. The monoisotopic (exact) mass is 482 g/mol. The van der Waals surface area contributed by atoms with Gasteiger partial charge in [-0.05, 0) is 68.3 Å². The van der Waals surface area contributed by atoms with Gasteiger partial charge in [0.25, 0.3) is 15.9 Å². The van der Waals surface area contributed by atoms with Gasteiger partial charge in [-0.25, -0.2) is 8.42 Å². The molecule has 33 heavy (non-hydrogen) atoms. The number of amides is 1. The number of rotatable bonds is 8. The van der Waals surface area contributed by atoms with E-state index in [1.165, 1.54) is 0 Å². The third-order valence-electron chi connectivity index (χ3n) is 5.31. The first-order valence-electron chi connectivity index (χ1n) is 10.7. The van der Waals surface area contributed by atoms with E-state index < -0.39 is 10.0 Å². The Morgan fingerprint density at radius 3 is 2.39 bits per heavy atom. The smallest absolute Gasteiger partial charge is 0.261 e. The van der Waals surface area contributed by atoms with Gasteiger partial charge in [0, 0.05) is 28.6 Å². The average Bonchev–Trinajstić information content (AvgIpc) is 3.33. The molecule has 0 saturated carbocycles. The van der Waals surface area contributed by atoms with Crippen molar-refractivity contribution in [3.8, 4) is 0 Å². The fourth-order valence-electron chi connectivity index (χ4n) is 3.49. The number of nitrogens with one attached hydrogen (secondary N) is 2. The van der Waals surface area contributed by atoms with E-state index >= 15 is 0 Å². The Balaban J connectivity index is 1.40. The third-order valence-corrected chi connectivity index (χ3v) is 7.91. The van der Waals surface area contributed by atoms with Crippen LogP contribution < -0.4 is 10.0 Å². The lowest BCUT2D eigenvalue weighted by Crippen LogP contribution is -2.15. The summed E-state index contributed by atoms with van der Waals surface area (Å²) in [5.74, 6) is 0.610. The molecule has 6 nitrogen and oxygen atoms in total. The highest BCUT2D eigenvalue weighted by atomic mass is 32.2. The fourth-order valence-corrected chi connectivity index (χ4v) is 5.67. The molecule has 0 spiro atoms. The van der Waals surface area contributed by atoms with Crippen molar-refractivity contribution in [1.29, 1.82) is 0 Å². The van der Waals surface area contributed by atoms with Crippen LogP contribution in [0.15, 0.2) is 82.6 Å². The maximum Gasteiger partial charge on any atom is 0.261 e. The second-order valence-corrected chi connectivity index (χ2v) is 10.6. The minimum atomic E-state index is -3.68. The molecule has 0 aromatic heterocycles. The zero-order valence-corrected chi connectivity index (χ0v) is 19.9. The van der Waals surface area contributed by atoms with Crippen molar-refractivity contribution < 1.29 is 17.9 Å². The van der Waals surface area contributed by atoms with E-state index in [0.717, 1.165) is 35.7 Å². The van der Waals surface area contributed by atoms with E-state index in [1.54, 1.807) is 66.4 Å².